The lowest BCUT2D eigenvalue weighted by molar-refractivity contribution is 0.204. The molecule has 0 aromatic carbocycles. The van der Waals surface area contributed by atoms with Gasteiger partial charge in [0, 0.05) is 13.2 Å². The molecule has 0 atom stereocenters. The second-order valence-corrected chi connectivity index (χ2v) is 10.7. The molecule has 0 aromatic heterocycles. The molecule has 0 fully saturated rings. The van der Waals surface area contributed by atoms with Gasteiger partial charge in [-0.3, -0.25) is 0 Å². The summed E-state index contributed by atoms with van der Waals surface area (Å²) in [6.45, 7) is 6.93. The molecule has 0 aliphatic rings. The van der Waals surface area contributed by atoms with Crippen LogP contribution in [0.25, 0.3) is 0 Å². The van der Waals surface area contributed by atoms with E-state index in [0.717, 1.165) is 0 Å². The third kappa shape index (κ3) is 34.1. The standard InChI is InChI=1S/C30H62O.C2H6O/c1-3-5-7-9-11-13-15-17-19-21-23-25-27-30(29-31)28-26-24-22-20-18-16-14-12-10-8-6-4-2;1-2-3/h30-31H,3-29H2,1-2H3;3H,2H2,1H3. The molecule has 0 radical (unpaired) electrons. The minimum atomic E-state index is 0.250. The van der Waals surface area contributed by atoms with E-state index in [2.05, 4.69) is 13.8 Å². The Morgan fingerprint density at radius 3 is 0.765 bits per heavy atom. The van der Waals surface area contributed by atoms with Gasteiger partial charge >= 0.3 is 0 Å². The van der Waals surface area contributed by atoms with Crippen LogP contribution in [0, 0.1) is 5.92 Å². The molecule has 0 rings (SSSR count). The molecule has 34 heavy (non-hydrogen) atoms. The largest absolute Gasteiger partial charge is 0.397 e. The maximum atomic E-state index is 9.68. The molecule has 0 aliphatic heterocycles. The molecule has 0 aromatic rings. The molecule has 0 saturated heterocycles. The van der Waals surface area contributed by atoms with Crippen molar-refractivity contribution >= 4 is 0 Å². The van der Waals surface area contributed by atoms with Crippen LogP contribution >= 0.6 is 0 Å². The van der Waals surface area contributed by atoms with Gasteiger partial charge in [0.2, 0.25) is 0 Å². The minimum Gasteiger partial charge on any atom is -0.397 e. The maximum absolute atomic E-state index is 9.68. The summed E-state index contributed by atoms with van der Waals surface area (Å²) in [6, 6.07) is 0. The van der Waals surface area contributed by atoms with E-state index >= 15 is 0 Å². The zero-order chi connectivity index (χ0) is 25.4. The van der Waals surface area contributed by atoms with Crippen molar-refractivity contribution in [1.29, 1.82) is 0 Å². The highest BCUT2D eigenvalue weighted by molar-refractivity contribution is 4.60. The van der Waals surface area contributed by atoms with Crippen molar-refractivity contribution in [2.75, 3.05) is 13.2 Å². The van der Waals surface area contributed by atoms with E-state index in [1.807, 2.05) is 0 Å². The quantitative estimate of drug-likeness (QED) is 0.114. The van der Waals surface area contributed by atoms with Crippen LogP contribution in [0.4, 0.5) is 0 Å². The first-order valence-electron chi connectivity index (χ1n) is 16.0. The Kier molecular flexibility index (Phi) is 37.2. The van der Waals surface area contributed by atoms with Gasteiger partial charge in [0.1, 0.15) is 0 Å². The monoisotopic (exact) mass is 485 g/mol. The number of aliphatic hydroxyl groups is 2. The number of aliphatic hydroxyl groups excluding tert-OH is 2. The third-order valence-corrected chi connectivity index (χ3v) is 7.19. The van der Waals surface area contributed by atoms with Crippen LogP contribution < -0.4 is 0 Å². The van der Waals surface area contributed by atoms with Gasteiger partial charge in [-0.05, 0) is 25.7 Å². The summed E-state index contributed by atoms with van der Waals surface area (Å²) in [6.07, 6.45) is 36.6. The van der Waals surface area contributed by atoms with Crippen molar-refractivity contribution in [2.45, 2.75) is 188 Å². The van der Waals surface area contributed by atoms with E-state index in [1.54, 1.807) is 6.92 Å². The molecule has 0 aliphatic carbocycles. The molecular formula is C32H68O2. The van der Waals surface area contributed by atoms with Crippen LogP contribution in [0.3, 0.4) is 0 Å². The lowest BCUT2D eigenvalue weighted by Crippen LogP contribution is -2.06. The van der Waals surface area contributed by atoms with Crippen molar-refractivity contribution in [3.05, 3.63) is 0 Å². The molecule has 2 N–H and O–H groups in total. The maximum Gasteiger partial charge on any atom is 0.0459 e. The summed E-state index contributed by atoms with van der Waals surface area (Å²) in [5.41, 5.74) is 0. The Morgan fingerprint density at radius 1 is 0.353 bits per heavy atom. The summed E-state index contributed by atoms with van der Waals surface area (Å²) in [5.74, 6) is 0.575. The highest BCUT2D eigenvalue weighted by atomic mass is 16.3. The zero-order valence-electron chi connectivity index (χ0n) is 24.3. The van der Waals surface area contributed by atoms with Crippen molar-refractivity contribution in [1.82, 2.24) is 0 Å². The highest BCUT2D eigenvalue weighted by Gasteiger charge is 2.07. The van der Waals surface area contributed by atoms with Crippen LogP contribution in [-0.4, -0.2) is 23.4 Å². The highest BCUT2D eigenvalue weighted by Crippen LogP contribution is 2.19. The second kappa shape index (κ2) is 35.1. The van der Waals surface area contributed by atoms with Crippen LogP contribution in [0.5, 0.6) is 0 Å². The first kappa shape index (κ1) is 36.1. The van der Waals surface area contributed by atoms with Crippen molar-refractivity contribution in [3.63, 3.8) is 0 Å². The number of unbranched alkanes of at least 4 members (excludes halogenated alkanes) is 22. The van der Waals surface area contributed by atoms with Gasteiger partial charge in [0.05, 0.1) is 0 Å². The van der Waals surface area contributed by atoms with Crippen LogP contribution in [0.2, 0.25) is 0 Å². The van der Waals surface area contributed by atoms with E-state index in [1.165, 1.54) is 167 Å². The molecule has 0 amide bonds. The normalized spacial score (nSPS) is 11.1. The average Bonchev–Trinajstić information content (AvgIpc) is 2.84. The van der Waals surface area contributed by atoms with Crippen LogP contribution in [0.1, 0.15) is 188 Å². The van der Waals surface area contributed by atoms with Gasteiger partial charge in [-0.15, -0.1) is 0 Å². The Labute approximate surface area is 217 Å². The zero-order valence-corrected chi connectivity index (χ0v) is 24.3. The predicted octanol–water partition coefficient (Wildman–Crippen LogP) is 10.8. The van der Waals surface area contributed by atoms with E-state index in [9.17, 15) is 5.11 Å². The summed E-state index contributed by atoms with van der Waals surface area (Å²) in [4.78, 5) is 0. The summed E-state index contributed by atoms with van der Waals surface area (Å²) in [5, 5.41) is 17.2. The average molecular weight is 485 g/mol. The van der Waals surface area contributed by atoms with E-state index in [-0.39, 0.29) is 6.61 Å². The van der Waals surface area contributed by atoms with Crippen molar-refractivity contribution in [2.24, 2.45) is 5.92 Å². The fourth-order valence-corrected chi connectivity index (χ4v) is 4.87. The Balaban J connectivity index is 0. The van der Waals surface area contributed by atoms with Crippen molar-refractivity contribution in [3.8, 4) is 0 Å². The number of hydrogen-bond donors (Lipinski definition) is 2. The second-order valence-electron chi connectivity index (χ2n) is 10.7. The topological polar surface area (TPSA) is 40.5 Å². The minimum absolute atomic E-state index is 0.250. The molecule has 0 heterocycles. The Bertz CT molecular complexity index is 290. The smallest absolute Gasteiger partial charge is 0.0459 e. The van der Waals surface area contributed by atoms with Gasteiger partial charge in [0.15, 0.2) is 0 Å². The third-order valence-electron chi connectivity index (χ3n) is 7.19. The summed E-state index contributed by atoms with van der Waals surface area (Å²) in [7, 11) is 0. The number of rotatable bonds is 27. The molecule has 0 spiro atoms. The van der Waals surface area contributed by atoms with Crippen molar-refractivity contribution < 1.29 is 10.2 Å². The van der Waals surface area contributed by atoms with Gasteiger partial charge < -0.3 is 10.2 Å². The molecule has 0 bridgehead atoms. The summed E-state index contributed by atoms with van der Waals surface area (Å²) < 4.78 is 0. The summed E-state index contributed by atoms with van der Waals surface area (Å²) >= 11 is 0. The molecule has 0 unspecified atom stereocenters. The lowest BCUT2D eigenvalue weighted by atomic mass is 9.94. The van der Waals surface area contributed by atoms with E-state index in [4.69, 9.17) is 5.11 Å². The van der Waals surface area contributed by atoms with Gasteiger partial charge in [-0.1, -0.05) is 168 Å². The molecule has 2 heteroatoms. The Morgan fingerprint density at radius 2 is 0.559 bits per heavy atom. The Hall–Kier alpha value is -0.0800. The molecule has 208 valence electrons. The first-order chi connectivity index (χ1) is 16.8. The van der Waals surface area contributed by atoms with Crippen LogP contribution in [0.15, 0.2) is 0 Å². The fraction of sp³-hybridized carbons (Fsp3) is 1.00. The number of hydrogen-bond acceptors (Lipinski definition) is 2. The lowest BCUT2D eigenvalue weighted by Gasteiger charge is -2.13. The van der Waals surface area contributed by atoms with E-state index < -0.39 is 0 Å². The van der Waals surface area contributed by atoms with Gasteiger partial charge in [-0.2, -0.15) is 0 Å². The molecular weight excluding hydrogens is 416 g/mol. The van der Waals surface area contributed by atoms with Crippen LogP contribution in [-0.2, 0) is 0 Å². The SMILES string of the molecule is CCCCCCCCCCCCCCC(CO)CCCCCCCCCCCCCC.CCO. The molecule has 2 nitrogen and oxygen atoms in total. The molecule has 0 saturated carbocycles. The fourth-order valence-electron chi connectivity index (χ4n) is 4.87. The van der Waals surface area contributed by atoms with E-state index in [0.29, 0.717) is 12.5 Å². The van der Waals surface area contributed by atoms with Gasteiger partial charge in [-0.25, -0.2) is 0 Å². The first-order valence-corrected chi connectivity index (χ1v) is 16.0. The van der Waals surface area contributed by atoms with Gasteiger partial charge in [0.25, 0.3) is 0 Å². The predicted molar refractivity (Wildman–Crippen MR) is 155 cm³/mol.